The van der Waals surface area contributed by atoms with E-state index in [4.69, 9.17) is 9.40 Å². The summed E-state index contributed by atoms with van der Waals surface area (Å²) in [6.45, 7) is 1.96. The van der Waals surface area contributed by atoms with Gasteiger partial charge in [-0.1, -0.05) is 11.8 Å². The predicted molar refractivity (Wildman–Crippen MR) is 111 cm³/mol. The molecule has 1 atom stereocenters. The molecular formula is C21H24N4O4S. The van der Waals surface area contributed by atoms with Gasteiger partial charge in [-0.15, -0.1) is 0 Å². The van der Waals surface area contributed by atoms with E-state index in [2.05, 4.69) is 0 Å². The number of rotatable bonds is 3. The van der Waals surface area contributed by atoms with Crippen molar-refractivity contribution in [3.63, 3.8) is 0 Å². The highest BCUT2D eigenvalue weighted by Crippen LogP contribution is 2.34. The molecule has 0 saturated carbocycles. The minimum Gasteiger partial charge on any atom is -0.459 e. The first-order valence-electron chi connectivity index (χ1n) is 10.5. The molecule has 1 saturated heterocycles. The van der Waals surface area contributed by atoms with Crippen LogP contribution in [0.25, 0.3) is 0 Å². The third kappa shape index (κ3) is 3.45. The van der Waals surface area contributed by atoms with Gasteiger partial charge in [-0.3, -0.25) is 19.0 Å². The third-order valence-electron chi connectivity index (χ3n) is 6.18. The number of fused-ring (bicyclic) bond motifs is 2. The molecule has 9 heteroatoms. The van der Waals surface area contributed by atoms with Crippen LogP contribution in [-0.2, 0) is 17.6 Å². The molecule has 0 aromatic carbocycles. The Kier molecular flexibility index (Phi) is 5.14. The van der Waals surface area contributed by atoms with E-state index in [9.17, 15) is 14.4 Å². The van der Waals surface area contributed by atoms with Gasteiger partial charge in [0.15, 0.2) is 10.9 Å². The number of piperazine rings is 1. The maximum atomic E-state index is 13.0. The van der Waals surface area contributed by atoms with Gasteiger partial charge >= 0.3 is 0 Å². The first-order chi connectivity index (χ1) is 14.6. The Morgan fingerprint density at radius 1 is 1.13 bits per heavy atom. The molecule has 2 aromatic rings. The molecule has 30 heavy (non-hydrogen) atoms. The summed E-state index contributed by atoms with van der Waals surface area (Å²) < 4.78 is 6.94. The van der Waals surface area contributed by atoms with Crippen LogP contribution in [0.4, 0.5) is 0 Å². The summed E-state index contributed by atoms with van der Waals surface area (Å²) in [7, 11) is 0. The van der Waals surface area contributed by atoms with Crippen molar-refractivity contribution in [2.24, 2.45) is 0 Å². The SMILES string of the molecule is O=C(CC1CSc2nc3c(c(=O)n21)CCCC3)N1CCN(C(=O)c2ccco2)CC1. The van der Waals surface area contributed by atoms with Crippen molar-refractivity contribution in [1.82, 2.24) is 19.4 Å². The molecule has 1 unspecified atom stereocenters. The van der Waals surface area contributed by atoms with Crippen molar-refractivity contribution in [2.75, 3.05) is 31.9 Å². The highest BCUT2D eigenvalue weighted by molar-refractivity contribution is 7.99. The van der Waals surface area contributed by atoms with Gasteiger partial charge < -0.3 is 14.2 Å². The maximum absolute atomic E-state index is 13.0. The lowest BCUT2D eigenvalue weighted by atomic mass is 9.97. The van der Waals surface area contributed by atoms with Gasteiger partial charge in [-0.25, -0.2) is 4.98 Å². The molecule has 4 heterocycles. The Morgan fingerprint density at radius 3 is 2.67 bits per heavy atom. The monoisotopic (exact) mass is 428 g/mol. The Morgan fingerprint density at radius 2 is 1.90 bits per heavy atom. The molecule has 0 spiro atoms. The van der Waals surface area contributed by atoms with Crippen LogP contribution in [0.1, 0.15) is 47.1 Å². The highest BCUT2D eigenvalue weighted by atomic mass is 32.2. The maximum Gasteiger partial charge on any atom is 0.289 e. The van der Waals surface area contributed by atoms with E-state index in [1.54, 1.807) is 38.3 Å². The summed E-state index contributed by atoms with van der Waals surface area (Å²) in [5, 5.41) is 0.757. The van der Waals surface area contributed by atoms with Crippen molar-refractivity contribution in [1.29, 1.82) is 0 Å². The molecule has 8 nitrogen and oxygen atoms in total. The zero-order valence-electron chi connectivity index (χ0n) is 16.7. The largest absolute Gasteiger partial charge is 0.459 e. The fraction of sp³-hybridized carbons (Fsp3) is 0.524. The van der Waals surface area contributed by atoms with Gasteiger partial charge in [0.05, 0.1) is 18.0 Å². The van der Waals surface area contributed by atoms with Crippen LogP contribution in [-0.4, -0.2) is 63.1 Å². The third-order valence-corrected chi connectivity index (χ3v) is 7.28. The van der Waals surface area contributed by atoms with Crippen molar-refractivity contribution in [2.45, 2.75) is 43.3 Å². The summed E-state index contributed by atoms with van der Waals surface area (Å²) in [6.07, 6.45) is 5.57. The Hall–Kier alpha value is -2.55. The average molecular weight is 429 g/mol. The lowest BCUT2D eigenvalue weighted by Gasteiger charge is -2.34. The summed E-state index contributed by atoms with van der Waals surface area (Å²) in [4.78, 5) is 46.6. The fourth-order valence-electron chi connectivity index (χ4n) is 4.51. The minimum absolute atomic E-state index is 0.0307. The van der Waals surface area contributed by atoms with Gasteiger partial charge in [0, 0.05) is 43.9 Å². The Labute approximate surface area is 178 Å². The number of furan rings is 1. The zero-order chi connectivity index (χ0) is 20.7. The number of hydrogen-bond acceptors (Lipinski definition) is 6. The van der Waals surface area contributed by atoms with Gasteiger partial charge in [0.1, 0.15) is 0 Å². The smallest absolute Gasteiger partial charge is 0.289 e. The first kappa shape index (κ1) is 19.4. The average Bonchev–Trinajstić information content (AvgIpc) is 3.44. The Balaban J connectivity index is 1.24. The number of aryl methyl sites for hydroxylation is 1. The first-order valence-corrected chi connectivity index (χ1v) is 11.5. The molecule has 2 amide bonds. The summed E-state index contributed by atoms with van der Waals surface area (Å²) in [6, 6.07) is 3.20. The van der Waals surface area contributed by atoms with Crippen molar-refractivity contribution in [3.8, 4) is 0 Å². The van der Waals surface area contributed by atoms with E-state index in [-0.39, 0.29) is 23.4 Å². The standard InChI is InChI=1S/C21H24N4O4S/c26-18(23-7-9-24(10-8-23)20(28)17-6-3-11-29-17)12-14-13-30-21-22-16-5-2-1-4-15(16)19(27)25(14)21/h3,6,11,14H,1-2,4-5,7-10,12-13H2. The van der Waals surface area contributed by atoms with Gasteiger partial charge in [0.2, 0.25) is 5.91 Å². The molecule has 0 radical (unpaired) electrons. The van der Waals surface area contributed by atoms with Crippen LogP contribution in [0.3, 0.4) is 0 Å². The molecule has 3 aliphatic rings. The molecule has 0 N–H and O–H groups in total. The second-order valence-corrected chi connectivity index (χ2v) is 9.01. The van der Waals surface area contributed by atoms with Gasteiger partial charge in [-0.2, -0.15) is 0 Å². The van der Waals surface area contributed by atoms with E-state index >= 15 is 0 Å². The van der Waals surface area contributed by atoms with Crippen LogP contribution in [0, 0.1) is 0 Å². The normalized spacial score (nSPS) is 20.7. The van der Waals surface area contributed by atoms with E-state index in [0.29, 0.717) is 44.1 Å². The number of carbonyl (C=O) groups excluding carboxylic acids is 2. The minimum atomic E-state index is -0.146. The zero-order valence-corrected chi connectivity index (χ0v) is 17.5. The number of thioether (sulfide) groups is 1. The number of aromatic nitrogens is 2. The summed E-state index contributed by atoms with van der Waals surface area (Å²) in [5.74, 6) is 0.914. The molecule has 0 bridgehead atoms. The van der Waals surface area contributed by atoms with Crippen LogP contribution in [0.15, 0.2) is 32.8 Å². The van der Waals surface area contributed by atoms with E-state index < -0.39 is 0 Å². The van der Waals surface area contributed by atoms with Gasteiger partial charge in [0.25, 0.3) is 11.5 Å². The molecule has 1 aliphatic carbocycles. The molecule has 5 rings (SSSR count). The van der Waals surface area contributed by atoms with Crippen molar-refractivity contribution < 1.29 is 14.0 Å². The summed E-state index contributed by atoms with van der Waals surface area (Å²) >= 11 is 1.57. The van der Waals surface area contributed by atoms with Crippen LogP contribution < -0.4 is 5.56 Å². The molecule has 158 valence electrons. The predicted octanol–water partition coefficient (Wildman–Crippen LogP) is 1.74. The number of carbonyl (C=O) groups is 2. The quantitative estimate of drug-likeness (QED) is 0.692. The van der Waals surface area contributed by atoms with Crippen LogP contribution >= 0.6 is 11.8 Å². The van der Waals surface area contributed by atoms with Crippen LogP contribution in [0.5, 0.6) is 0 Å². The molecule has 2 aromatic heterocycles. The van der Waals surface area contributed by atoms with E-state index in [1.807, 2.05) is 0 Å². The number of nitrogens with zero attached hydrogens (tertiary/aromatic N) is 4. The number of hydrogen-bond donors (Lipinski definition) is 0. The van der Waals surface area contributed by atoms with E-state index in [1.165, 1.54) is 6.26 Å². The lowest BCUT2D eigenvalue weighted by molar-refractivity contribution is -0.133. The Bertz CT molecular complexity index is 1020. The van der Waals surface area contributed by atoms with Crippen molar-refractivity contribution in [3.05, 3.63) is 45.8 Å². The van der Waals surface area contributed by atoms with Crippen LogP contribution in [0.2, 0.25) is 0 Å². The lowest BCUT2D eigenvalue weighted by Crippen LogP contribution is -2.51. The van der Waals surface area contributed by atoms with E-state index in [0.717, 1.165) is 42.1 Å². The fourth-order valence-corrected chi connectivity index (χ4v) is 5.66. The second-order valence-electron chi connectivity index (χ2n) is 8.02. The topological polar surface area (TPSA) is 88.7 Å². The molecule has 1 fully saturated rings. The molecule has 2 aliphatic heterocycles. The second kappa shape index (κ2) is 7.94. The van der Waals surface area contributed by atoms with Gasteiger partial charge in [-0.05, 0) is 37.8 Å². The van der Waals surface area contributed by atoms with Crippen molar-refractivity contribution >= 4 is 23.6 Å². The number of amides is 2. The summed E-state index contributed by atoms with van der Waals surface area (Å²) in [5.41, 5.74) is 1.84. The molecular weight excluding hydrogens is 404 g/mol. The highest BCUT2D eigenvalue weighted by Gasteiger charge is 2.33.